The molecule has 1 aromatic heterocycles. The summed E-state index contributed by atoms with van der Waals surface area (Å²) in [6, 6.07) is 15.0. The van der Waals surface area contributed by atoms with Crippen LogP contribution in [0.4, 0.5) is 0 Å². The van der Waals surface area contributed by atoms with Gasteiger partial charge in [0.15, 0.2) is 5.82 Å². The number of carbonyl (C=O) groups excluding carboxylic acids is 1. The van der Waals surface area contributed by atoms with Crippen LogP contribution in [0.5, 0.6) is 0 Å². The van der Waals surface area contributed by atoms with E-state index in [0.717, 1.165) is 29.2 Å². The third-order valence-electron chi connectivity index (χ3n) is 3.86. The normalized spacial score (nSPS) is 10.8. The van der Waals surface area contributed by atoms with E-state index in [9.17, 15) is 4.79 Å². The lowest BCUT2D eigenvalue weighted by molar-refractivity contribution is 0.0999. The standard InChI is InChI=1S/C19H18ClN4O/c20-15-10-8-13(9-11-15)12-18-22-17(23-24-18)7-3-5-14-4-1-2-6-16(14)19(21)25/h1-2,4,6-11H,3,5,12H2,(H2,21,25)(H,22,23,24). The smallest absolute Gasteiger partial charge is 0.248 e. The number of aryl methyl sites for hydroxylation is 1. The topological polar surface area (TPSA) is 84.7 Å². The lowest BCUT2D eigenvalue weighted by Crippen LogP contribution is -2.13. The summed E-state index contributed by atoms with van der Waals surface area (Å²) in [6.07, 6.45) is 4.06. The van der Waals surface area contributed by atoms with Gasteiger partial charge in [-0.2, -0.15) is 5.10 Å². The highest BCUT2D eigenvalue weighted by Crippen LogP contribution is 2.14. The van der Waals surface area contributed by atoms with Crippen molar-refractivity contribution in [3.8, 4) is 0 Å². The molecule has 0 bridgehead atoms. The quantitative estimate of drug-likeness (QED) is 0.683. The highest BCUT2D eigenvalue weighted by Gasteiger charge is 2.09. The van der Waals surface area contributed by atoms with Crippen LogP contribution in [-0.2, 0) is 12.8 Å². The molecule has 0 aliphatic carbocycles. The van der Waals surface area contributed by atoms with Crippen molar-refractivity contribution in [3.63, 3.8) is 0 Å². The summed E-state index contributed by atoms with van der Waals surface area (Å²) in [5.74, 6) is 1.05. The monoisotopic (exact) mass is 353 g/mol. The van der Waals surface area contributed by atoms with E-state index in [1.54, 1.807) is 6.07 Å². The van der Waals surface area contributed by atoms with E-state index in [1.165, 1.54) is 0 Å². The highest BCUT2D eigenvalue weighted by molar-refractivity contribution is 6.30. The number of nitrogens with one attached hydrogen (secondary N) is 1. The molecule has 3 N–H and O–H groups in total. The highest BCUT2D eigenvalue weighted by atomic mass is 35.5. The van der Waals surface area contributed by atoms with Crippen molar-refractivity contribution in [1.29, 1.82) is 0 Å². The van der Waals surface area contributed by atoms with Gasteiger partial charge in [0.1, 0.15) is 5.82 Å². The van der Waals surface area contributed by atoms with Crippen LogP contribution >= 0.6 is 11.6 Å². The molecule has 0 unspecified atom stereocenters. The fourth-order valence-electron chi connectivity index (χ4n) is 2.61. The molecule has 5 nitrogen and oxygen atoms in total. The van der Waals surface area contributed by atoms with Gasteiger partial charge in [0.25, 0.3) is 0 Å². The Labute approximate surface area is 151 Å². The average molecular weight is 354 g/mol. The van der Waals surface area contributed by atoms with Crippen LogP contribution in [0.15, 0.2) is 48.5 Å². The summed E-state index contributed by atoms with van der Waals surface area (Å²) in [5, 5.41) is 7.87. The van der Waals surface area contributed by atoms with Gasteiger partial charge in [0.05, 0.1) is 0 Å². The minimum Gasteiger partial charge on any atom is -0.366 e. The zero-order chi connectivity index (χ0) is 17.6. The molecule has 6 heteroatoms. The lowest BCUT2D eigenvalue weighted by Gasteiger charge is -2.05. The number of rotatable bonds is 7. The van der Waals surface area contributed by atoms with Gasteiger partial charge >= 0.3 is 0 Å². The van der Waals surface area contributed by atoms with Crippen molar-refractivity contribution < 1.29 is 4.79 Å². The summed E-state index contributed by atoms with van der Waals surface area (Å²) < 4.78 is 0. The molecule has 3 rings (SSSR count). The van der Waals surface area contributed by atoms with E-state index in [1.807, 2.05) is 48.9 Å². The fourth-order valence-corrected chi connectivity index (χ4v) is 2.74. The molecule has 0 aliphatic rings. The number of halogens is 1. The summed E-state index contributed by atoms with van der Waals surface area (Å²) >= 11 is 5.89. The number of aromatic amines is 1. The van der Waals surface area contributed by atoms with Crippen molar-refractivity contribution in [2.24, 2.45) is 5.73 Å². The Bertz CT molecular complexity index is 858. The Morgan fingerprint density at radius 3 is 2.68 bits per heavy atom. The second-order valence-electron chi connectivity index (χ2n) is 5.70. The van der Waals surface area contributed by atoms with Crippen molar-refractivity contribution in [1.82, 2.24) is 15.2 Å². The maximum Gasteiger partial charge on any atom is 0.248 e. The number of nitrogens with two attached hydrogens (primary N) is 1. The Morgan fingerprint density at radius 2 is 1.92 bits per heavy atom. The van der Waals surface area contributed by atoms with Crippen LogP contribution in [0, 0.1) is 6.42 Å². The molecule has 0 fully saturated rings. The number of nitrogens with zero attached hydrogens (tertiary/aromatic N) is 2. The van der Waals surface area contributed by atoms with Crippen LogP contribution in [0.25, 0.3) is 0 Å². The maximum absolute atomic E-state index is 11.4. The third-order valence-corrected chi connectivity index (χ3v) is 4.11. The number of H-pyrrole nitrogens is 1. The summed E-state index contributed by atoms with van der Waals surface area (Å²) in [6.45, 7) is 0. The Morgan fingerprint density at radius 1 is 1.16 bits per heavy atom. The second kappa shape index (κ2) is 7.94. The molecule has 127 valence electrons. The molecule has 0 aliphatic heterocycles. The largest absolute Gasteiger partial charge is 0.366 e. The van der Waals surface area contributed by atoms with Crippen molar-refractivity contribution in [2.45, 2.75) is 19.3 Å². The van der Waals surface area contributed by atoms with Crippen LogP contribution in [-0.4, -0.2) is 21.1 Å². The van der Waals surface area contributed by atoms with E-state index in [2.05, 4.69) is 15.2 Å². The SMILES string of the molecule is NC(=O)c1ccccc1CC[CH]c1nc(Cc2ccc(Cl)cc2)n[nH]1. The molecule has 0 saturated heterocycles. The lowest BCUT2D eigenvalue weighted by atomic mass is 10.0. The molecule has 1 amide bonds. The molecule has 3 aromatic rings. The summed E-state index contributed by atoms with van der Waals surface area (Å²) in [5.41, 5.74) is 8.00. The first-order valence-corrected chi connectivity index (χ1v) is 8.36. The van der Waals surface area contributed by atoms with Crippen molar-refractivity contribution in [2.75, 3.05) is 0 Å². The molecule has 1 radical (unpaired) electrons. The first-order valence-electron chi connectivity index (χ1n) is 7.98. The van der Waals surface area contributed by atoms with Crippen LogP contribution in [0.3, 0.4) is 0 Å². The Balaban J connectivity index is 1.55. The van der Waals surface area contributed by atoms with Gasteiger partial charge in [-0.05, 0) is 42.2 Å². The van der Waals surface area contributed by atoms with Crippen LogP contribution < -0.4 is 5.73 Å². The van der Waals surface area contributed by atoms with E-state index < -0.39 is 5.91 Å². The predicted octanol–water partition coefficient (Wildman–Crippen LogP) is 3.33. The third kappa shape index (κ3) is 4.67. The second-order valence-corrected chi connectivity index (χ2v) is 6.14. The van der Waals surface area contributed by atoms with Crippen molar-refractivity contribution in [3.05, 3.63) is 88.3 Å². The van der Waals surface area contributed by atoms with Gasteiger partial charge in [0.2, 0.25) is 5.91 Å². The molecule has 0 saturated carbocycles. The van der Waals surface area contributed by atoms with Gasteiger partial charge < -0.3 is 5.73 Å². The van der Waals surface area contributed by atoms with E-state index in [4.69, 9.17) is 17.3 Å². The first kappa shape index (κ1) is 17.2. The van der Waals surface area contributed by atoms with E-state index >= 15 is 0 Å². The number of amides is 1. The zero-order valence-electron chi connectivity index (χ0n) is 13.6. The first-order chi connectivity index (χ1) is 12.1. The Hall–Kier alpha value is -2.66. The molecule has 0 spiro atoms. The molecular formula is C19H18ClN4O. The van der Waals surface area contributed by atoms with Gasteiger partial charge in [-0.15, -0.1) is 0 Å². The van der Waals surface area contributed by atoms with Gasteiger partial charge in [-0.1, -0.05) is 41.9 Å². The summed E-state index contributed by atoms with van der Waals surface area (Å²) in [4.78, 5) is 15.9. The van der Waals surface area contributed by atoms with Gasteiger partial charge in [0, 0.05) is 23.4 Å². The van der Waals surface area contributed by atoms with Gasteiger partial charge in [-0.25, -0.2) is 4.98 Å². The molecule has 1 heterocycles. The van der Waals surface area contributed by atoms with Crippen LogP contribution in [0.2, 0.25) is 5.02 Å². The molecule has 0 atom stereocenters. The minimum absolute atomic E-state index is 0.402. The number of carbonyl (C=O) groups is 1. The van der Waals surface area contributed by atoms with Crippen molar-refractivity contribution >= 4 is 17.5 Å². The summed E-state index contributed by atoms with van der Waals surface area (Å²) in [7, 11) is 0. The van der Waals surface area contributed by atoms with E-state index in [0.29, 0.717) is 23.4 Å². The number of aromatic nitrogens is 3. The molecular weight excluding hydrogens is 336 g/mol. The number of hydrogen-bond acceptors (Lipinski definition) is 3. The minimum atomic E-state index is -0.402. The predicted molar refractivity (Wildman–Crippen MR) is 97.3 cm³/mol. The maximum atomic E-state index is 11.4. The van der Waals surface area contributed by atoms with E-state index in [-0.39, 0.29) is 0 Å². The average Bonchev–Trinajstić information content (AvgIpc) is 3.04. The molecule has 25 heavy (non-hydrogen) atoms. The van der Waals surface area contributed by atoms with Crippen LogP contribution in [0.1, 0.15) is 39.6 Å². The number of benzene rings is 2. The zero-order valence-corrected chi connectivity index (χ0v) is 14.3. The number of primary amides is 1. The molecule has 2 aromatic carbocycles. The fraction of sp³-hybridized carbons (Fsp3) is 0.158. The number of hydrogen-bond donors (Lipinski definition) is 2. The van der Waals surface area contributed by atoms with Gasteiger partial charge in [-0.3, -0.25) is 9.89 Å². The Kier molecular flexibility index (Phi) is 5.46.